The van der Waals surface area contributed by atoms with Crippen LogP contribution < -0.4 is 4.90 Å². The van der Waals surface area contributed by atoms with Gasteiger partial charge in [0, 0.05) is 36.0 Å². The Morgan fingerprint density at radius 3 is 2.25 bits per heavy atom. The summed E-state index contributed by atoms with van der Waals surface area (Å²) in [5.41, 5.74) is 1.01. The van der Waals surface area contributed by atoms with Gasteiger partial charge in [0.2, 0.25) is 0 Å². The van der Waals surface area contributed by atoms with Gasteiger partial charge in [-0.3, -0.25) is 4.90 Å². The van der Waals surface area contributed by atoms with E-state index >= 15 is 0 Å². The Labute approximate surface area is 197 Å². The highest BCUT2D eigenvalue weighted by molar-refractivity contribution is 7.99. The molecule has 4 rings (SSSR count). The number of aliphatic hydroxyl groups is 1. The van der Waals surface area contributed by atoms with Gasteiger partial charge in [0.05, 0.1) is 23.5 Å². The van der Waals surface area contributed by atoms with E-state index in [0.29, 0.717) is 18.8 Å². The predicted molar refractivity (Wildman–Crippen MR) is 125 cm³/mol. The monoisotopic (exact) mass is 487 g/mol. The number of halogens is 4. The summed E-state index contributed by atoms with van der Waals surface area (Å²) in [4.78, 5) is 8.69. The molecule has 0 saturated carbocycles. The van der Waals surface area contributed by atoms with Crippen LogP contribution in [0.3, 0.4) is 0 Å². The van der Waals surface area contributed by atoms with Gasteiger partial charge in [-0.05, 0) is 62.8 Å². The summed E-state index contributed by atoms with van der Waals surface area (Å²) in [5.74, 6) is 0. The summed E-state index contributed by atoms with van der Waals surface area (Å²) in [6.07, 6.45) is -2.41. The lowest BCUT2D eigenvalue weighted by Crippen LogP contribution is -2.34. The van der Waals surface area contributed by atoms with Crippen molar-refractivity contribution in [2.24, 2.45) is 0 Å². The first-order chi connectivity index (χ1) is 15.0. The third-order valence-electron chi connectivity index (χ3n) is 5.91. The number of β-amino-alcohol motifs (C(OH)–C–C–N with tert-alkyl or cyclic N) is 1. The average Bonchev–Trinajstić information content (AvgIpc) is 2.98. The number of hydrogen-bond donors (Lipinski definition) is 1. The van der Waals surface area contributed by atoms with Crippen LogP contribution in [0.1, 0.15) is 18.4 Å². The minimum absolute atomic E-state index is 0. The second-order valence-electron chi connectivity index (χ2n) is 8.02. The van der Waals surface area contributed by atoms with Crippen LogP contribution in [0, 0.1) is 0 Å². The van der Waals surface area contributed by atoms with Crippen LogP contribution in [0.25, 0.3) is 0 Å². The number of rotatable bonds is 6. The van der Waals surface area contributed by atoms with E-state index in [-0.39, 0.29) is 19.0 Å². The van der Waals surface area contributed by atoms with Gasteiger partial charge in [-0.15, -0.1) is 12.4 Å². The van der Waals surface area contributed by atoms with E-state index in [0.717, 1.165) is 61.0 Å². The number of benzene rings is 2. The Morgan fingerprint density at radius 2 is 1.53 bits per heavy atom. The van der Waals surface area contributed by atoms with Crippen molar-refractivity contribution in [2.75, 3.05) is 57.3 Å². The molecule has 0 amide bonds. The zero-order valence-electron chi connectivity index (χ0n) is 17.9. The van der Waals surface area contributed by atoms with Gasteiger partial charge < -0.3 is 14.9 Å². The molecule has 1 N–H and O–H groups in total. The lowest BCUT2D eigenvalue weighted by atomic mass is 10.1. The van der Waals surface area contributed by atoms with Gasteiger partial charge in [-0.25, -0.2) is 0 Å². The molecule has 2 aliphatic rings. The quantitative estimate of drug-likeness (QED) is 0.611. The largest absolute Gasteiger partial charge is 0.416 e. The average molecular weight is 488 g/mol. The Hall–Kier alpha value is -1.45. The van der Waals surface area contributed by atoms with E-state index in [1.165, 1.54) is 23.9 Å². The first-order valence-electron chi connectivity index (χ1n) is 10.8. The van der Waals surface area contributed by atoms with Crippen LogP contribution >= 0.6 is 24.2 Å². The van der Waals surface area contributed by atoms with Crippen LogP contribution in [0.15, 0.2) is 52.3 Å². The van der Waals surface area contributed by atoms with Crippen molar-refractivity contribution in [2.45, 2.75) is 28.8 Å². The minimum Gasteiger partial charge on any atom is -0.395 e. The maximum absolute atomic E-state index is 13.3. The predicted octanol–water partition coefficient (Wildman–Crippen LogP) is 5.12. The van der Waals surface area contributed by atoms with Gasteiger partial charge in [0.25, 0.3) is 0 Å². The Morgan fingerprint density at radius 1 is 0.844 bits per heavy atom. The first kappa shape index (κ1) is 25.2. The fourth-order valence-electron chi connectivity index (χ4n) is 4.31. The summed E-state index contributed by atoms with van der Waals surface area (Å²) in [5, 5.41) is 9.16. The zero-order valence-corrected chi connectivity index (χ0v) is 19.5. The maximum Gasteiger partial charge on any atom is 0.416 e. The number of hydrogen-bond acceptors (Lipinski definition) is 5. The molecule has 0 bridgehead atoms. The highest BCUT2D eigenvalue weighted by Gasteiger charge is 2.33. The van der Waals surface area contributed by atoms with Crippen molar-refractivity contribution in [3.05, 3.63) is 48.0 Å². The van der Waals surface area contributed by atoms with Crippen LogP contribution in [0.2, 0.25) is 0 Å². The Kier molecular flexibility index (Phi) is 8.75. The molecule has 0 aromatic heterocycles. The summed E-state index contributed by atoms with van der Waals surface area (Å²) in [6.45, 7) is 6.41. The molecule has 1 saturated heterocycles. The second kappa shape index (κ2) is 11.1. The molecule has 2 aromatic rings. The third kappa shape index (κ3) is 5.91. The molecule has 2 aliphatic heterocycles. The van der Waals surface area contributed by atoms with E-state index in [1.807, 2.05) is 29.2 Å². The number of alkyl halides is 3. The van der Waals surface area contributed by atoms with Gasteiger partial charge >= 0.3 is 6.18 Å². The molecular weight excluding hydrogens is 459 g/mol. The van der Waals surface area contributed by atoms with Crippen molar-refractivity contribution in [1.29, 1.82) is 0 Å². The highest BCUT2D eigenvalue weighted by atomic mass is 35.5. The second-order valence-corrected chi connectivity index (χ2v) is 9.10. The van der Waals surface area contributed by atoms with Crippen molar-refractivity contribution in [1.82, 2.24) is 9.80 Å². The molecule has 2 aromatic carbocycles. The number of anilines is 2. The molecule has 176 valence electrons. The van der Waals surface area contributed by atoms with Gasteiger partial charge in [0.15, 0.2) is 0 Å². The van der Waals surface area contributed by atoms with Crippen molar-refractivity contribution >= 4 is 35.5 Å². The molecule has 0 spiro atoms. The SMILES string of the molecule is Cl.OCCN1CCCN(CCCN2c3ccccc3Sc3ccc(C(F)(F)F)cc32)CC1. The molecule has 1 fully saturated rings. The van der Waals surface area contributed by atoms with Crippen molar-refractivity contribution < 1.29 is 18.3 Å². The molecule has 9 heteroatoms. The summed E-state index contributed by atoms with van der Waals surface area (Å²) in [6, 6.07) is 12.0. The van der Waals surface area contributed by atoms with Crippen LogP contribution in [0.4, 0.5) is 24.5 Å². The molecular formula is C23H29ClF3N3OS. The summed E-state index contributed by atoms with van der Waals surface area (Å²) < 4.78 is 40.0. The summed E-state index contributed by atoms with van der Waals surface area (Å²) in [7, 11) is 0. The van der Waals surface area contributed by atoms with E-state index < -0.39 is 11.7 Å². The van der Waals surface area contributed by atoms with E-state index in [2.05, 4.69) is 9.80 Å². The van der Waals surface area contributed by atoms with Crippen LogP contribution in [-0.4, -0.2) is 67.3 Å². The van der Waals surface area contributed by atoms with Crippen LogP contribution in [-0.2, 0) is 6.18 Å². The minimum atomic E-state index is -4.35. The Bertz CT molecular complexity index is 899. The third-order valence-corrected chi connectivity index (χ3v) is 7.04. The fraction of sp³-hybridized carbons (Fsp3) is 0.478. The lowest BCUT2D eigenvalue weighted by Gasteiger charge is -2.34. The Balaban J connectivity index is 0.00000289. The molecule has 32 heavy (non-hydrogen) atoms. The first-order valence-corrected chi connectivity index (χ1v) is 11.6. The molecule has 0 aliphatic carbocycles. The van der Waals surface area contributed by atoms with Gasteiger partial charge in [0.1, 0.15) is 0 Å². The van der Waals surface area contributed by atoms with Crippen molar-refractivity contribution in [3.63, 3.8) is 0 Å². The van der Waals surface area contributed by atoms with Crippen molar-refractivity contribution in [3.8, 4) is 0 Å². The van der Waals surface area contributed by atoms with Crippen LogP contribution in [0.5, 0.6) is 0 Å². The number of aliphatic hydroxyl groups excluding tert-OH is 1. The molecule has 0 atom stereocenters. The zero-order chi connectivity index (χ0) is 21.8. The fourth-order valence-corrected chi connectivity index (χ4v) is 5.39. The van der Waals surface area contributed by atoms with E-state index in [9.17, 15) is 13.2 Å². The topological polar surface area (TPSA) is 30.0 Å². The van der Waals surface area contributed by atoms with Gasteiger partial charge in [-0.1, -0.05) is 23.9 Å². The number of fused-ring (bicyclic) bond motifs is 2. The molecule has 2 heterocycles. The number of nitrogens with zero attached hydrogens (tertiary/aromatic N) is 3. The standard InChI is InChI=1S/C23H28F3N3OS.ClH/c24-23(25,26)18-7-8-22-20(17-18)29(19-5-1-2-6-21(19)31-22)12-4-11-27-9-3-10-28(14-13-27)15-16-30;/h1-2,5-8,17,30H,3-4,9-16H2;1H. The van der Waals surface area contributed by atoms with E-state index in [1.54, 1.807) is 6.07 Å². The normalized spacial score (nSPS) is 17.3. The number of para-hydroxylation sites is 1. The summed E-state index contributed by atoms with van der Waals surface area (Å²) >= 11 is 1.53. The lowest BCUT2D eigenvalue weighted by molar-refractivity contribution is -0.137. The molecule has 0 unspecified atom stereocenters. The molecule has 4 nitrogen and oxygen atoms in total. The smallest absolute Gasteiger partial charge is 0.395 e. The maximum atomic E-state index is 13.3. The molecule has 0 radical (unpaired) electrons. The highest BCUT2D eigenvalue weighted by Crippen LogP contribution is 2.49. The van der Waals surface area contributed by atoms with Gasteiger partial charge in [-0.2, -0.15) is 13.2 Å². The van der Waals surface area contributed by atoms with E-state index in [4.69, 9.17) is 5.11 Å².